The lowest BCUT2D eigenvalue weighted by Crippen LogP contribution is -2.38. The molecular formula is C17H28N6S. The molecular weight excluding hydrogens is 320 g/mol. The average Bonchev–Trinajstić information content (AvgIpc) is 3.14. The summed E-state index contributed by atoms with van der Waals surface area (Å²) in [6.45, 7) is 6.65. The Balaban J connectivity index is 1.78. The highest BCUT2D eigenvalue weighted by atomic mass is 32.1. The van der Waals surface area contributed by atoms with Crippen molar-refractivity contribution in [2.45, 2.75) is 39.7 Å². The number of guanidine groups is 1. The number of hydrogen-bond donors (Lipinski definition) is 1. The molecule has 132 valence electrons. The van der Waals surface area contributed by atoms with Crippen LogP contribution in [0.4, 0.5) is 0 Å². The summed E-state index contributed by atoms with van der Waals surface area (Å²) >= 11 is 1.75. The van der Waals surface area contributed by atoms with E-state index in [9.17, 15) is 0 Å². The molecule has 0 saturated heterocycles. The second kappa shape index (κ2) is 9.42. The first-order valence-electron chi connectivity index (χ1n) is 8.46. The number of hydrogen-bond acceptors (Lipinski definition) is 4. The van der Waals surface area contributed by atoms with Crippen molar-refractivity contribution in [3.05, 3.63) is 34.0 Å². The molecule has 6 nitrogen and oxygen atoms in total. The van der Waals surface area contributed by atoms with E-state index in [1.54, 1.807) is 11.3 Å². The van der Waals surface area contributed by atoms with Crippen LogP contribution in [0.3, 0.4) is 0 Å². The van der Waals surface area contributed by atoms with E-state index in [1.165, 1.54) is 10.6 Å². The van der Waals surface area contributed by atoms with Gasteiger partial charge in [0, 0.05) is 56.6 Å². The quantitative estimate of drug-likeness (QED) is 0.453. The van der Waals surface area contributed by atoms with Crippen molar-refractivity contribution >= 4 is 17.3 Å². The smallest absolute Gasteiger partial charge is 0.193 e. The first-order chi connectivity index (χ1) is 11.6. The van der Waals surface area contributed by atoms with Crippen LogP contribution in [0.1, 0.15) is 36.0 Å². The number of thiazole rings is 1. The van der Waals surface area contributed by atoms with Gasteiger partial charge < -0.3 is 10.2 Å². The van der Waals surface area contributed by atoms with Crippen LogP contribution in [-0.4, -0.2) is 45.8 Å². The minimum absolute atomic E-state index is 0.804. The fraction of sp³-hybridized carbons (Fsp3) is 0.588. The van der Waals surface area contributed by atoms with Crippen LogP contribution in [-0.2, 0) is 20.0 Å². The summed E-state index contributed by atoms with van der Waals surface area (Å²) in [6, 6.07) is 0. The van der Waals surface area contributed by atoms with Gasteiger partial charge in [-0.15, -0.1) is 11.3 Å². The lowest BCUT2D eigenvalue weighted by atomic mass is 10.2. The van der Waals surface area contributed by atoms with Gasteiger partial charge in [0.25, 0.3) is 0 Å². The van der Waals surface area contributed by atoms with E-state index in [2.05, 4.69) is 39.7 Å². The minimum Gasteiger partial charge on any atom is -0.357 e. The third-order valence-electron chi connectivity index (χ3n) is 3.60. The SMILES string of the molecule is CCNC(=NCCCCc1nc(C)cs1)N(C)Cc1cnn(C)c1. The largest absolute Gasteiger partial charge is 0.357 e. The summed E-state index contributed by atoms with van der Waals surface area (Å²) in [6.07, 6.45) is 7.19. The molecule has 0 unspecified atom stereocenters. The van der Waals surface area contributed by atoms with Gasteiger partial charge in [0.1, 0.15) is 0 Å². The number of aliphatic imine (C=N–C) groups is 1. The Kier molecular flexibility index (Phi) is 7.24. The fourth-order valence-corrected chi connectivity index (χ4v) is 3.28. The Labute approximate surface area is 148 Å². The van der Waals surface area contributed by atoms with E-state index in [0.29, 0.717) is 0 Å². The molecule has 2 heterocycles. The summed E-state index contributed by atoms with van der Waals surface area (Å²) in [5.74, 6) is 0.950. The molecule has 2 aromatic rings. The topological polar surface area (TPSA) is 58.3 Å². The van der Waals surface area contributed by atoms with Gasteiger partial charge in [0.15, 0.2) is 5.96 Å². The highest BCUT2D eigenvalue weighted by molar-refractivity contribution is 7.09. The van der Waals surface area contributed by atoms with Gasteiger partial charge in [-0.2, -0.15) is 5.10 Å². The van der Waals surface area contributed by atoms with Crippen LogP contribution in [0.25, 0.3) is 0 Å². The molecule has 0 aliphatic heterocycles. The van der Waals surface area contributed by atoms with Gasteiger partial charge >= 0.3 is 0 Å². The van der Waals surface area contributed by atoms with Crippen molar-refractivity contribution in [2.75, 3.05) is 20.1 Å². The molecule has 0 aliphatic rings. The molecule has 0 fully saturated rings. The second-order valence-corrected chi connectivity index (χ2v) is 6.90. The highest BCUT2D eigenvalue weighted by Gasteiger charge is 2.07. The maximum Gasteiger partial charge on any atom is 0.193 e. The fourth-order valence-electron chi connectivity index (χ4n) is 2.46. The third kappa shape index (κ3) is 5.96. The Morgan fingerprint density at radius 2 is 2.25 bits per heavy atom. The number of aromatic nitrogens is 3. The van der Waals surface area contributed by atoms with Gasteiger partial charge in [-0.3, -0.25) is 9.67 Å². The zero-order valence-electron chi connectivity index (χ0n) is 15.1. The summed E-state index contributed by atoms with van der Waals surface area (Å²) in [5.41, 5.74) is 2.31. The van der Waals surface area contributed by atoms with E-state index < -0.39 is 0 Å². The molecule has 0 spiro atoms. The van der Waals surface area contributed by atoms with Crippen molar-refractivity contribution in [3.63, 3.8) is 0 Å². The van der Waals surface area contributed by atoms with Crippen LogP contribution < -0.4 is 5.32 Å². The molecule has 0 aliphatic carbocycles. The minimum atomic E-state index is 0.804. The van der Waals surface area contributed by atoms with Gasteiger partial charge in [0.05, 0.1) is 11.2 Å². The molecule has 0 radical (unpaired) electrons. The molecule has 0 atom stereocenters. The summed E-state index contributed by atoms with van der Waals surface area (Å²) in [7, 11) is 4.00. The van der Waals surface area contributed by atoms with Crippen LogP contribution in [0.15, 0.2) is 22.8 Å². The van der Waals surface area contributed by atoms with Crippen molar-refractivity contribution in [1.29, 1.82) is 0 Å². The molecule has 0 bridgehead atoms. The van der Waals surface area contributed by atoms with Crippen molar-refractivity contribution in [1.82, 2.24) is 25.0 Å². The zero-order valence-corrected chi connectivity index (χ0v) is 15.9. The van der Waals surface area contributed by atoms with Crippen molar-refractivity contribution < 1.29 is 0 Å². The van der Waals surface area contributed by atoms with Gasteiger partial charge in [-0.25, -0.2) is 4.98 Å². The molecule has 24 heavy (non-hydrogen) atoms. The Bertz CT molecular complexity index is 645. The number of nitrogens with zero attached hydrogens (tertiary/aromatic N) is 5. The molecule has 0 aromatic carbocycles. The number of rotatable bonds is 8. The van der Waals surface area contributed by atoms with Crippen LogP contribution in [0.5, 0.6) is 0 Å². The van der Waals surface area contributed by atoms with Gasteiger partial charge in [-0.1, -0.05) is 0 Å². The van der Waals surface area contributed by atoms with Gasteiger partial charge in [-0.05, 0) is 33.1 Å². The molecule has 1 N–H and O–H groups in total. The predicted molar refractivity (Wildman–Crippen MR) is 100 cm³/mol. The number of nitrogens with one attached hydrogen (secondary N) is 1. The highest BCUT2D eigenvalue weighted by Crippen LogP contribution is 2.11. The van der Waals surface area contributed by atoms with Crippen molar-refractivity contribution in [3.8, 4) is 0 Å². The Morgan fingerprint density at radius 1 is 1.42 bits per heavy atom. The van der Waals surface area contributed by atoms with Gasteiger partial charge in [0.2, 0.25) is 0 Å². The first-order valence-corrected chi connectivity index (χ1v) is 9.34. The lowest BCUT2D eigenvalue weighted by molar-refractivity contribution is 0.476. The monoisotopic (exact) mass is 348 g/mol. The third-order valence-corrected chi connectivity index (χ3v) is 4.63. The molecule has 2 rings (SSSR count). The van der Waals surface area contributed by atoms with Crippen molar-refractivity contribution in [2.24, 2.45) is 12.0 Å². The number of unbranched alkanes of at least 4 members (excludes halogenated alkanes) is 1. The average molecular weight is 349 g/mol. The van der Waals surface area contributed by atoms with E-state index in [1.807, 2.05) is 31.0 Å². The number of aryl methyl sites for hydroxylation is 3. The predicted octanol–water partition coefficient (Wildman–Crippen LogP) is 2.61. The standard InChI is InChI=1S/C17H28N6S/c1-5-18-17(22(3)11-15-10-20-23(4)12-15)19-9-7-6-8-16-21-14(2)13-24-16/h10,12-13H,5-9,11H2,1-4H3,(H,18,19). The summed E-state index contributed by atoms with van der Waals surface area (Å²) in [5, 5.41) is 10.9. The van der Waals surface area contributed by atoms with Crippen LogP contribution in [0.2, 0.25) is 0 Å². The molecule has 0 amide bonds. The van der Waals surface area contributed by atoms with E-state index in [4.69, 9.17) is 4.99 Å². The normalized spacial score (nSPS) is 11.8. The summed E-state index contributed by atoms with van der Waals surface area (Å²) in [4.78, 5) is 11.4. The van der Waals surface area contributed by atoms with Crippen LogP contribution in [0, 0.1) is 6.92 Å². The van der Waals surface area contributed by atoms with E-state index >= 15 is 0 Å². The summed E-state index contributed by atoms with van der Waals surface area (Å²) < 4.78 is 1.83. The first kappa shape index (κ1) is 18.4. The molecule has 7 heteroatoms. The van der Waals surface area contributed by atoms with E-state index in [0.717, 1.165) is 50.6 Å². The maximum absolute atomic E-state index is 4.74. The second-order valence-electron chi connectivity index (χ2n) is 5.95. The van der Waals surface area contributed by atoms with Crippen LogP contribution >= 0.6 is 11.3 Å². The Hall–Kier alpha value is -1.89. The lowest BCUT2D eigenvalue weighted by Gasteiger charge is -2.21. The molecule has 0 saturated carbocycles. The zero-order chi connectivity index (χ0) is 17.4. The molecule has 2 aromatic heterocycles. The van der Waals surface area contributed by atoms with E-state index in [-0.39, 0.29) is 0 Å². The Morgan fingerprint density at radius 3 is 2.88 bits per heavy atom. The maximum atomic E-state index is 4.74.